The predicted octanol–water partition coefficient (Wildman–Crippen LogP) is 5.94. The van der Waals surface area contributed by atoms with Crippen LogP contribution in [-0.4, -0.2) is 16.6 Å². The van der Waals surface area contributed by atoms with E-state index in [-0.39, 0.29) is 17.4 Å². The fraction of sp³-hybridized carbons (Fsp3) is 0.500. The van der Waals surface area contributed by atoms with Crippen LogP contribution in [-0.2, 0) is 4.79 Å². The summed E-state index contributed by atoms with van der Waals surface area (Å²) in [5.41, 5.74) is 1.85. The molecule has 2 heterocycles. The average molecular weight is 453 g/mol. The molecule has 7 rings (SSSR count). The zero-order chi connectivity index (χ0) is 19.6. The highest BCUT2D eigenvalue weighted by Gasteiger charge is 2.57. The monoisotopic (exact) mass is 452 g/mol. The molecule has 2 aromatic rings. The second kappa shape index (κ2) is 6.56. The van der Waals surface area contributed by atoms with Crippen molar-refractivity contribution in [2.75, 3.05) is 0 Å². The maximum Gasteiger partial charge on any atom is 0.249 e. The minimum Gasteiger partial charge on any atom is -0.467 e. The molecule has 4 aliphatic carbocycles. The molecule has 0 radical (unpaired) electrons. The van der Waals surface area contributed by atoms with E-state index in [9.17, 15) is 4.79 Å². The first-order chi connectivity index (χ1) is 14.1. The maximum atomic E-state index is 14.0. The molecular formula is C24H25BrN2O2. The van der Waals surface area contributed by atoms with Crippen LogP contribution in [0.3, 0.4) is 0 Å². The molecule has 1 atom stereocenters. The fourth-order valence-electron chi connectivity index (χ4n) is 6.83. The van der Waals surface area contributed by atoms with Gasteiger partial charge in [-0.2, -0.15) is 5.10 Å². The molecule has 5 aliphatic rings. The van der Waals surface area contributed by atoms with E-state index in [4.69, 9.17) is 9.52 Å². The number of halogens is 1. The SMILES string of the molecule is O=C(N1N=C(c2ccc(Br)cc2)C[C@@H]1c1ccco1)C12CC3CC(CC(C3)C1)C2. The van der Waals surface area contributed by atoms with Gasteiger partial charge in [0.05, 0.1) is 17.4 Å². The van der Waals surface area contributed by atoms with E-state index < -0.39 is 0 Å². The third kappa shape index (κ3) is 2.92. The van der Waals surface area contributed by atoms with E-state index in [1.165, 1.54) is 19.3 Å². The lowest BCUT2D eigenvalue weighted by molar-refractivity contribution is -0.160. The summed E-state index contributed by atoms with van der Waals surface area (Å²) in [5, 5.41) is 6.70. The number of rotatable bonds is 3. The van der Waals surface area contributed by atoms with Gasteiger partial charge in [-0.25, -0.2) is 5.01 Å². The standard InChI is InChI=1S/C24H25BrN2O2/c25-19-5-3-18(4-6-19)20-11-21(22-2-1-7-29-22)27(26-20)23(28)24-12-15-8-16(13-24)10-17(9-15)14-24/h1-7,15-17,21H,8-14H2/t15?,16?,17?,21-,24?/m1/s1. The summed E-state index contributed by atoms with van der Waals surface area (Å²) in [5.74, 6) is 3.29. The van der Waals surface area contributed by atoms with Crippen LogP contribution in [0.4, 0.5) is 0 Å². The van der Waals surface area contributed by atoms with Crippen molar-refractivity contribution in [2.45, 2.75) is 51.0 Å². The lowest BCUT2D eigenvalue weighted by atomic mass is 9.49. The average Bonchev–Trinajstić information content (AvgIpc) is 3.37. The zero-order valence-electron chi connectivity index (χ0n) is 16.4. The summed E-state index contributed by atoms with van der Waals surface area (Å²) in [4.78, 5) is 14.0. The van der Waals surface area contributed by atoms with Gasteiger partial charge in [0.15, 0.2) is 0 Å². The molecule has 1 aromatic heterocycles. The molecule has 150 valence electrons. The van der Waals surface area contributed by atoms with Gasteiger partial charge in [0.1, 0.15) is 11.8 Å². The third-order valence-corrected chi connectivity index (χ3v) is 8.19. The molecule has 4 fully saturated rings. The Balaban J connectivity index is 1.37. The van der Waals surface area contributed by atoms with Gasteiger partial charge in [0, 0.05) is 10.9 Å². The maximum absolute atomic E-state index is 14.0. The summed E-state index contributed by atoms with van der Waals surface area (Å²) in [7, 11) is 0. The Kier molecular flexibility index (Phi) is 4.06. The molecule has 4 nitrogen and oxygen atoms in total. The topological polar surface area (TPSA) is 45.8 Å². The van der Waals surface area contributed by atoms with Crippen LogP contribution in [0.15, 0.2) is 56.7 Å². The van der Waals surface area contributed by atoms with Crippen LogP contribution in [0.2, 0.25) is 0 Å². The highest BCUT2D eigenvalue weighted by Crippen LogP contribution is 2.61. The molecule has 0 unspecified atom stereocenters. The molecule has 1 aliphatic heterocycles. The Hall–Kier alpha value is -1.88. The van der Waals surface area contributed by atoms with Gasteiger partial charge in [-0.3, -0.25) is 4.79 Å². The van der Waals surface area contributed by atoms with Crippen molar-refractivity contribution in [2.24, 2.45) is 28.3 Å². The molecule has 4 bridgehead atoms. The third-order valence-electron chi connectivity index (χ3n) is 7.66. The highest BCUT2D eigenvalue weighted by atomic mass is 79.9. The summed E-state index contributed by atoms with van der Waals surface area (Å²) < 4.78 is 6.79. The van der Waals surface area contributed by atoms with Crippen molar-refractivity contribution < 1.29 is 9.21 Å². The molecule has 29 heavy (non-hydrogen) atoms. The number of carbonyl (C=O) groups is 1. The summed E-state index contributed by atoms with van der Waals surface area (Å²) in [6.07, 6.45) is 9.57. The minimum absolute atomic E-state index is 0.135. The fourth-order valence-corrected chi connectivity index (χ4v) is 7.10. The molecular weight excluding hydrogens is 428 g/mol. The van der Waals surface area contributed by atoms with Gasteiger partial charge in [0.2, 0.25) is 5.91 Å². The number of amides is 1. The van der Waals surface area contributed by atoms with Crippen molar-refractivity contribution in [3.63, 3.8) is 0 Å². The van der Waals surface area contributed by atoms with Gasteiger partial charge >= 0.3 is 0 Å². The largest absolute Gasteiger partial charge is 0.467 e. The Labute approximate surface area is 179 Å². The van der Waals surface area contributed by atoms with Crippen molar-refractivity contribution in [1.82, 2.24) is 5.01 Å². The molecule has 1 aromatic carbocycles. The first kappa shape index (κ1) is 17.9. The zero-order valence-corrected chi connectivity index (χ0v) is 18.0. The Morgan fingerprint density at radius 2 is 1.69 bits per heavy atom. The van der Waals surface area contributed by atoms with Gasteiger partial charge in [-0.1, -0.05) is 28.1 Å². The Morgan fingerprint density at radius 1 is 1.03 bits per heavy atom. The van der Waals surface area contributed by atoms with Gasteiger partial charge in [0.25, 0.3) is 0 Å². The number of hydrogen-bond acceptors (Lipinski definition) is 3. The first-order valence-corrected chi connectivity index (χ1v) is 11.6. The first-order valence-electron chi connectivity index (χ1n) is 10.8. The normalized spacial score (nSPS) is 35.2. The summed E-state index contributed by atoms with van der Waals surface area (Å²) in [6, 6.07) is 11.9. The molecule has 4 saturated carbocycles. The van der Waals surface area contributed by atoms with Gasteiger partial charge in [-0.05, 0) is 86.1 Å². The smallest absolute Gasteiger partial charge is 0.249 e. The Morgan fingerprint density at radius 3 is 2.28 bits per heavy atom. The lowest BCUT2D eigenvalue weighted by Crippen LogP contribution is -2.53. The lowest BCUT2D eigenvalue weighted by Gasteiger charge is -2.56. The van der Waals surface area contributed by atoms with Crippen LogP contribution < -0.4 is 0 Å². The number of nitrogens with zero attached hydrogens (tertiary/aromatic N) is 2. The second-order valence-corrected chi connectivity index (χ2v) is 10.6. The van der Waals surface area contributed by atoms with E-state index in [2.05, 4.69) is 28.1 Å². The number of carbonyl (C=O) groups excluding carboxylic acids is 1. The van der Waals surface area contributed by atoms with E-state index in [1.807, 2.05) is 24.3 Å². The van der Waals surface area contributed by atoms with Gasteiger partial charge in [-0.15, -0.1) is 0 Å². The van der Waals surface area contributed by atoms with Crippen LogP contribution in [0.1, 0.15) is 62.3 Å². The van der Waals surface area contributed by atoms with E-state index in [0.29, 0.717) is 6.42 Å². The minimum atomic E-state index is -0.196. The van der Waals surface area contributed by atoms with Crippen LogP contribution in [0, 0.1) is 23.2 Å². The number of furan rings is 1. The van der Waals surface area contributed by atoms with E-state index in [0.717, 1.165) is 58.5 Å². The quantitative estimate of drug-likeness (QED) is 0.578. The number of benzene rings is 1. The molecule has 0 N–H and O–H groups in total. The van der Waals surface area contributed by atoms with Crippen molar-refractivity contribution >= 4 is 27.5 Å². The highest BCUT2D eigenvalue weighted by molar-refractivity contribution is 9.10. The van der Waals surface area contributed by atoms with E-state index >= 15 is 0 Å². The summed E-state index contributed by atoms with van der Waals surface area (Å²) >= 11 is 3.50. The van der Waals surface area contributed by atoms with Crippen LogP contribution >= 0.6 is 15.9 Å². The Bertz CT molecular complexity index is 928. The predicted molar refractivity (Wildman–Crippen MR) is 114 cm³/mol. The van der Waals surface area contributed by atoms with Crippen molar-refractivity contribution in [1.29, 1.82) is 0 Å². The van der Waals surface area contributed by atoms with Crippen LogP contribution in [0.25, 0.3) is 0 Å². The number of hydrogen-bond donors (Lipinski definition) is 0. The number of hydrazone groups is 1. The van der Waals surface area contributed by atoms with Crippen molar-refractivity contribution in [3.05, 3.63) is 58.5 Å². The molecule has 1 amide bonds. The molecule has 0 spiro atoms. The second-order valence-electron chi connectivity index (χ2n) is 9.64. The van der Waals surface area contributed by atoms with Gasteiger partial charge < -0.3 is 4.42 Å². The summed E-state index contributed by atoms with van der Waals surface area (Å²) in [6.45, 7) is 0. The van der Waals surface area contributed by atoms with Crippen LogP contribution in [0.5, 0.6) is 0 Å². The molecule has 0 saturated heterocycles. The van der Waals surface area contributed by atoms with Crippen molar-refractivity contribution in [3.8, 4) is 0 Å². The van der Waals surface area contributed by atoms with E-state index in [1.54, 1.807) is 11.3 Å². The molecule has 5 heteroatoms.